The number of aliphatic carboxylic acids is 1. The number of hydrogen-bond donors (Lipinski definition) is 2. The second kappa shape index (κ2) is 11.4. The number of methoxy groups -OCH3 is 2. The van der Waals surface area contributed by atoms with Crippen molar-refractivity contribution >= 4 is 28.2 Å². The molecule has 1 aromatic carbocycles. The van der Waals surface area contributed by atoms with Gasteiger partial charge in [-0.1, -0.05) is 11.3 Å². The van der Waals surface area contributed by atoms with Crippen molar-refractivity contribution in [3.05, 3.63) is 53.1 Å². The van der Waals surface area contributed by atoms with Crippen LogP contribution in [0.4, 0.5) is 9.39 Å². The molecule has 204 valence electrons. The van der Waals surface area contributed by atoms with Crippen LogP contribution < -0.4 is 9.64 Å². The number of carbonyl (C=O) groups is 2. The Morgan fingerprint density at radius 2 is 1.92 bits per heavy atom. The number of rotatable bonds is 11. The molecular formula is C24H28FN5O7S. The zero-order chi connectivity index (χ0) is 27.6. The SMILES string of the molecule is COCCO[C@@H](CN1c2sc(-n3nccn3)c(C)c2C(=O)N(C(C)C(=O)O)C1O)c1cc(F)ccc1OC. The highest BCUT2D eigenvalue weighted by Gasteiger charge is 2.45. The van der Waals surface area contributed by atoms with E-state index in [1.54, 1.807) is 6.92 Å². The molecule has 3 atom stereocenters. The van der Waals surface area contributed by atoms with Crippen LogP contribution >= 0.6 is 11.3 Å². The van der Waals surface area contributed by atoms with Gasteiger partial charge in [0.15, 0.2) is 0 Å². The second-order valence-corrected chi connectivity index (χ2v) is 9.47. The maximum atomic E-state index is 14.3. The van der Waals surface area contributed by atoms with Crippen LogP contribution in [0.2, 0.25) is 0 Å². The zero-order valence-electron chi connectivity index (χ0n) is 21.2. The summed E-state index contributed by atoms with van der Waals surface area (Å²) in [4.78, 5) is 29.1. The fraction of sp³-hybridized carbons (Fsp3) is 0.417. The molecule has 1 amide bonds. The summed E-state index contributed by atoms with van der Waals surface area (Å²) in [6, 6.07) is 2.64. The van der Waals surface area contributed by atoms with Crippen molar-refractivity contribution in [2.24, 2.45) is 0 Å². The van der Waals surface area contributed by atoms with Crippen molar-refractivity contribution in [2.45, 2.75) is 32.3 Å². The van der Waals surface area contributed by atoms with E-state index in [4.69, 9.17) is 14.2 Å². The summed E-state index contributed by atoms with van der Waals surface area (Å²) in [6.07, 6.45) is 0.454. The molecule has 0 spiro atoms. The Morgan fingerprint density at radius 1 is 1.21 bits per heavy atom. The van der Waals surface area contributed by atoms with Gasteiger partial charge in [-0.25, -0.2) is 9.18 Å². The highest BCUT2D eigenvalue weighted by molar-refractivity contribution is 7.19. The minimum atomic E-state index is -1.66. The number of thiophene rings is 1. The molecule has 0 saturated carbocycles. The summed E-state index contributed by atoms with van der Waals surface area (Å²) in [5, 5.41) is 30.3. The fourth-order valence-electron chi connectivity index (χ4n) is 4.26. The third-order valence-electron chi connectivity index (χ3n) is 6.22. The maximum Gasteiger partial charge on any atom is 0.326 e. The minimum absolute atomic E-state index is 0.0836. The topological polar surface area (TPSA) is 139 Å². The average Bonchev–Trinajstić information content (AvgIpc) is 3.53. The maximum absolute atomic E-state index is 14.3. The van der Waals surface area contributed by atoms with Crippen molar-refractivity contribution in [1.82, 2.24) is 19.9 Å². The highest BCUT2D eigenvalue weighted by Crippen LogP contribution is 2.44. The van der Waals surface area contributed by atoms with E-state index in [-0.39, 0.29) is 25.3 Å². The van der Waals surface area contributed by atoms with Gasteiger partial charge in [0.1, 0.15) is 33.7 Å². The largest absolute Gasteiger partial charge is 0.496 e. The lowest BCUT2D eigenvalue weighted by atomic mass is 10.0. The smallest absolute Gasteiger partial charge is 0.326 e. The van der Waals surface area contributed by atoms with Crippen LogP contribution in [0.1, 0.15) is 34.5 Å². The van der Waals surface area contributed by atoms with E-state index >= 15 is 0 Å². The van der Waals surface area contributed by atoms with Crippen LogP contribution in [0.25, 0.3) is 5.00 Å². The number of anilines is 1. The number of nitrogens with zero attached hydrogens (tertiary/aromatic N) is 5. The van der Waals surface area contributed by atoms with Gasteiger partial charge in [0, 0.05) is 18.2 Å². The summed E-state index contributed by atoms with van der Waals surface area (Å²) >= 11 is 1.16. The lowest BCUT2D eigenvalue weighted by Gasteiger charge is -2.43. The third kappa shape index (κ3) is 5.07. The predicted octanol–water partition coefficient (Wildman–Crippen LogP) is 2.20. The summed E-state index contributed by atoms with van der Waals surface area (Å²) in [5.74, 6) is -2.10. The Labute approximate surface area is 221 Å². The molecule has 3 aromatic rings. The molecule has 38 heavy (non-hydrogen) atoms. The molecule has 14 heteroatoms. The van der Waals surface area contributed by atoms with Crippen LogP contribution in [-0.2, 0) is 14.3 Å². The molecule has 1 aliphatic heterocycles. The highest BCUT2D eigenvalue weighted by atomic mass is 32.1. The number of halogens is 1. The molecule has 0 aliphatic carbocycles. The van der Waals surface area contributed by atoms with E-state index in [0.29, 0.717) is 26.9 Å². The molecule has 3 heterocycles. The van der Waals surface area contributed by atoms with Crippen molar-refractivity contribution < 1.29 is 38.4 Å². The van der Waals surface area contributed by atoms with Gasteiger partial charge in [-0.2, -0.15) is 10.2 Å². The van der Waals surface area contributed by atoms with Crippen LogP contribution in [0.15, 0.2) is 30.6 Å². The van der Waals surface area contributed by atoms with Gasteiger partial charge in [-0.3, -0.25) is 9.69 Å². The molecule has 0 radical (unpaired) electrons. The van der Waals surface area contributed by atoms with E-state index < -0.39 is 36.2 Å². The number of amides is 1. The molecule has 12 nitrogen and oxygen atoms in total. The number of carboxylic acids is 1. The second-order valence-electron chi connectivity index (χ2n) is 8.49. The standard InChI is InChI=1S/C24H28FN5O7S/c1-13-19-20(31)29(14(2)23(32)33)24(34)28(22(19)38-21(13)30-26-7-8-27-30)12-18(37-10-9-35-3)16-11-15(25)5-6-17(16)36-4/h5-8,11,14,18,24,34H,9-10,12H2,1-4H3,(H,32,33)/t14?,18-,24?/m0/s1. The van der Waals surface area contributed by atoms with Gasteiger partial charge in [-0.15, -0.1) is 4.80 Å². The van der Waals surface area contributed by atoms with Gasteiger partial charge in [0.05, 0.1) is 44.8 Å². The van der Waals surface area contributed by atoms with Crippen LogP contribution in [0, 0.1) is 12.7 Å². The first-order valence-corrected chi connectivity index (χ1v) is 12.4. The molecule has 1 aliphatic rings. The third-order valence-corrected chi connectivity index (χ3v) is 7.52. The summed E-state index contributed by atoms with van der Waals surface area (Å²) < 4.78 is 30.9. The number of hydrogen-bond acceptors (Lipinski definition) is 10. The fourth-order valence-corrected chi connectivity index (χ4v) is 5.51. The summed E-state index contributed by atoms with van der Waals surface area (Å²) in [6.45, 7) is 3.31. The van der Waals surface area contributed by atoms with E-state index in [9.17, 15) is 24.2 Å². The summed E-state index contributed by atoms with van der Waals surface area (Å²) in [7, 11) is 2.95. The monoisotopic (exact) mass is 549 g/mol. The molecule has 4 rings (SSSR count). The van der Waals surface area contributed by atoms with Gasteiger partial charge in [0.2, 0.25) is 6.35 Å². The Bertz CT molecular complexity index is 1300. The van der Waals surface area contributed by atoms with Crippen molar-refractivity contribution in [3.63, 3.8) is 0 Å². The number of carboxylic acid groups (broad SMARTS) is 1. The van der Waals surface area contributed by atoms with Gasteiger partial charge in [0.25, 0.3) is 5.91 Å². The molecule has 2 N–H and O–H groups in total. The lowest BCUT2D eigenvalue weighted by Crippen LogP contribution is -2.60. The normalized spacial score (nSPS) is 16.9. The van der Waals surface area contributed by atoms with Gasteiger partial charge >= 0.3 is 5.97 Å². The van der Waals surface area contributed by atoms with Gasteiger partial charge < -0.3 is 29.3 Å². The number of benzene rings is 1. The quantitative estimate of drug-likeness (QED) is 0.342. The van der Waals surface area contributed by atoms with E-state index in [1.165, 1.54) is 61.4 Å². The van der Waals surface area contributed by atoms with Crippen LogP contribution in [0.3, 0.4) is 0 Å². The number of ether oxygens (including phenoxy) is 3. The number of carbonyl (C=O) groups excluding carboxylic acids is 1. The van der Waals surface area contributed by atoms with E-state index in [2.05, 4.69) is 10.2 Å². The molecule has 0 saturated heterocycles. The zero-order valence-corrected chi connectivity index (χ0v) is 22.0. The van der Waals surface area contributed by atoms with Crippen molar-refractivity contribution in [3.8, 4) is 10.8 Å². The number of aromatic nitrogens is 3. The number of aliphatic hydroxyl groups excluding tert-OH is 1. The first kappa shape index (κ1) is 27.4. The van der Waals surface area contributed by atoms with E-state index in [0.717, 1.165) is 16.2 Å². The Balaban J connectivity index is 1.84. The Morgan fingerprint density at radius 3 is 2.55 bits per heavy atom. The molecular weight excluding hydrogens is 521 g/mol. The predicted molar refractivity (Wildman–Crippen MR) is 134 cm³/mol. The summed E-state index contributed by atoms with van der Waals surface area (Å²) in [5.41, 5.74) is 1.10. The first-order valence-electron chi connectivity index (χ1n) is 11.6. The number of fused-ring (bicyclic) bond motifs is 1. The molecule has 2 unspecified atom stereocenters. The number of aliphatic hydroxyl groups is 1. The average molecular weight is 550 g/mol. The Hall–Kier alpha value is -3.59. The Kier molecular flexibility index (Phi) is 8.26. The lowest BCUT2D eigenvalue weighted by molar-refractivity contribution is -0.145. The first-order chi connectivity index (χ1) is 18.2. The van der Waals surface area contributed by atoms with E-state index in [1.807, 2.05) is 0 Å². The van der Waals surface area contributed by atoms with Crippen LogP contribution in [0.5, 0.6) is 5.75 Å². The minimum Gasteiger partial charge on any atom is -0.496 e. The van der Waals surface area contributed by atoms with Gasteiger partial charge in [-0.05, 0) is 32.0 Å². The van der Waals surface area contributed by atoms with Crippen LogP contribution in [-0.4, -0.2) is 88.4 Å². The van der Waals surface area contributed by atoms with Crippen molar-refractivity contribution in [2.75, 3.05) is 38.9 Å². The molecule has 2 aromatic heterocycles. The molecule has 0 bridgehead atoms. The van der Waals surface area contributed by atoms with Crippen molar-refractivity contribution in [1.29, 1.82) is 0 Å². The molecule has 0 fully saturated rings.